The minimum absolute atomic E-state index is 0.209. The van der Waals surface area contributed by atoms with Gasteiger partial charge in [0, 0.05) is 19.2 Å². The minimum Gasteiger partial charge on any atom is -0.488 e. The lowest BCUT2D eigenvalue weighted by molar-refractivity contribution is 0.0200. The number of aromatic nitrogens is 1. The molecule has 0 saturated carbocycles. The minimum atomic E-state index is -0.934. The van der Waals surface area contributed by atoms with Crippen LogP contribution >= 0.6 is 11.3 Å². The summed E-state index contributed by atoms with van der Waals surface area (Å²) in [6.45, 7) is 11.6. The normalized spacial score (nSPS) is 21.2. The van der Waals surface area contributed by atoms with Gasteiger partial charge in [0.1, 0.15) is 23.0 Å². The van der Waals surface area contributed by atoms with E-state index >= 15 is 0 Å². The molecule has 0 spiro atoms. The maximum atomic E-state index is 13.4. The van der Waals surface area contributed by atoms with Crippen molar-refractivity contribution in [2.45, 2.75) is 59.2 Å². The fraction of sp³-hybridized carbons (Fsp3) is 0.591. The molecule has 1 fully saturated rings. The Morgan fingerprint density at radius 2 is 1.97 bits per heavy atom. The van der Waals surface area contributed by atoms with Crippen molar-refractivity contribution < 1.29 is 18.6 Å². The SMILES string of the molecule is Cc1nc([C@@]2(O)CCCN(CC(C)(C)C)CC2)sc1COc1ccc(F)c(F)c1. The number of likely N-dealkylation sites (tertiary alicyclic amines) is 1. The molecule has 29 heavy (non-hydrogen) atoms. The number of rotatable bonds is 5. The van der Waals surface area contributed by atoms with Crippen LogP contribution < -0.4 is 4.74 Å². The van der Waals surface area contributed by atoms with Crippen molar-refractivity contribution in [3.05, 3.63) is 45.4 Å². The van der Waals surface area contributed by atoms with E-state index < -0.39 is 17.2 Å². The molecule has 0 radical (unpaired) electrons. The molecule has 4 nitrogen and oxygen atoms in total. The van der Waals surface area contributed by atoms with Crippen LogP contribution in [-0.4, -0.2) is 34.6 Å². The summed E-state index contributed by atoms with van der Waals surface area (Å²) in [5.74, 6) is -1.56. The van der Waals surface area contributed by atoms with E-state index in [0.717, 1.165) is 53.8 Å². The number of halogens is 2. The van der Waals surface area contributed by atoms with E-state index in [2.05, 4.69) is 30.7 Å². The average Bonchev–Trinajstić information content (AvgIpc) is 2.90. The Balaban J connectivity index is 1.67. The number of ether oxygens (including phenoxy) is 1. The van der Waals surface area contributed by atoms with Gasteiger partial charge in [0.05, 0.1) is 10.6 Å². The third kappa shape index (κ3) is 5.74. The Bertz CT molecular complexity index is 850. The third-order valence-corrected chi connectivity index (χ3v) is 6.48. The maximum Gasteiger partial charge on any atom is 0.162 e. The van der Waals surface area contributed by atoms with Crippen molar-refractivity contribution in [3.63, 3.8) is 0 Å². The third-order valence-electron chi connectivity index (χ3n) is 5.16. The van der Waals surface area contributed by atoms with Crippen LogP contribution in [0, 0.1) is 24.0 Å². The van der Waals surface area contributed by atoms with Crippen molar-refractivity contribution in [3.8, 4) is 5.75 Å². The molecule has 1 aliphatic heterocycles. The van der Waals surface area contributed by atoms with Crippen LogP contribution in [0.2, 0.25) is 0 Å². The fourth-order valence-corrected chi connectivity index (χ4v) is 4.82. The van der Waals surface area contributed by atoms with Gasteiger partial charge >= 0.3 is 0 Å². The predicted octanol–water partition coefficient (Wildman–Crippen LogP) is 5.03. The molecule has 1 aromatic heterocycles. The van der Waals surface area contributed by atoms with E-state index in [9.17, 15) is 13.9 Å². The van der Waals surface area contributed by atoms with Crippen molar-refractivity contribution >= 4 is 11.3 Å². The summed E-state index contributed by atoms with van der Waals surface area (Å²) in [7, 11) is 0. The summed E-state index contributed by atoms with van der Waals surface area (Å²) in [5, 5.41) is 12.0. The second kappa shape index (κ2) is 8.66. The van der Waals surface area contributed by atoms with Gasteiger partial charge in [-0.25, -0.2) is 13.8 Å². The first-order valence-electron chi connectivity index (χ1n) is 10.1. The number of aliphatic hydroxyl groups is 1. The second-order valence-corrected chi connectivity index (χ2v) is 10.2. The molecular formula is C22H30F2N2O2S. The quantitative estimate of drug-likeness (QED) is 0.731. The molecule has 0 bridgehead atoms. The largest absolute Gasteiger partial charge is 0.488 e. The summed E-state index contributed by atoms with van der Waals surface area (Å²) in [6.07, 6.45) is 2.26. The molecule has 160 valence electrons. The molecule has 0 aliphatic carbocycles. The molecule has 1 N–H and O–H groups in total. The van der Waals surface area contributed by atoms with Crippen LogP contribution in [0.1, 0.15) is 55.6 Å². The standard InChI is InChI=1S/C22H30F2N2O2S/c1-15-19(13-28-16-6-7-17(23)18(24)12-16)29-20(25-15)22(27)8-5-10-26(11-9-22)14-21(2,3)4/h6-7,12,27H,5,8-11,13-14H2,1-4H3/t22-/m1/s1. The molecular weight excluding hydrogens is 394 g/mol. The van der Waals surface area contributed by atoms with Crippen molar-refractivity contribution in [1.29, 1.82) is 0 Å². The number of nitrogens with zero attached hydrogens (tertiary/aromatic N) is 2. The van der Waals surface area contributed by atoms with Crippen molar-refractivity contribution in [1.82, 2.24) is 9.88 Å². The van der Waals surface area contributed by atoms with Gasteiger partial charge in [-0.3, -0.25) is 0 Å². The highest BCUT2D eigenvalue weighted by atomic mass is 32.1. The number of benzene rings is 1. The molecule has 1 aromatic carbocycles. The first kappa shape index (κ1) is 22.1. The zero-order chi connectivity index (χ0) is 21.2. The number of thiazole rings is 1. The zero-order valence-electron chi connectivity index (χ0n) is 17.6. The van der Waals surface area contributed by atoms with Crippen LogP contribution in [0.25, 0.3) is 0 Å². The highest BCUT2D eigenvalue weighted by Gasteiger charge is 2.36. The lowest BCUT2D eigenvalue weighted by Gasteiger charge is -2.29. The number of aryl methyl sites for hydroxylation is 1. The molecule has 1 atom stereocenters. The maximum absolute atomic E-state index is 13.4. The van der Waals surface area contributed by atoms with Gasteiger partial charge < -0.3 is 14.7 Å². The van der Waals surface area contributed by atoms with Crippen LogP contribution in [-0.2, 0) is 12.2 Å². The van der Waals surface area contributed by atoms with E-state index in [4.69, 9.17) is 4.74 Å². The Kier molecular flexibility index (Phi) is 6.61. The van der Waals surface area contributed by atoms with Crippen LogP contribution in [0.3, 0.4) is 0 Å². The Labute approximate surface area is 175 Å². The van der Waals surface area contributed by atoms with E-state index in [0.29, 0.717) is 12.8 Å². The van der Waals surface area contributed by atoms with Crippen molar-refractivity contribution in [2.24, 2.45) is 5.41 Å². The summed E-state index contributed by atoms with van der Waals surface area (Å²) in [5.41, 5.74) is 0.101. The molecule has 0 unspecified atom stereocenters. The van der Waals surface area contributed by atoms with Gasteiger partial charge in [-0.15, -0.1) is 11.3 Å². The molecule has 3 rings (SSSR count). The first-order valence-corrected chi connectivity index (χ1v) is 10.9. The smallest absolute Gasteiger partial charge is 0.162 e. The molecule has 0 amide bonds. The summed E-state index contributed by atoms with van der Waals surface area (Å²) in [6, 6.07) is 3.49. The Morgan fingerprint density at radius 1 is 1.21 bits per heavy atom. The second-order valence-electron chi connectivity index (χ2n) is 9.11. The lowest BCUT2D eigenvalue weighted by Crippen LogP contribution is -2.34. The fourth-order valence-electron chi connectivity index (χ4n) is 3.69. The topological polar surface area (TPSA) is 45.6 Å². The van der Waals surface area contributed by atoms with Gasteiger partial charge in [0.15, 0.2) is 11.6 Å². The highest BCUT2D eigenvalue weighted by molar-refractivity contribution is 7.11. The summed E-state index contributed by atoms with van der Waals surface area (Å²) < 4.78 is 32.0. The molecule has 1 saturated heterocycles. The first-order chi connectivity index (χ1) is 13.6. The van der Waals surface area contributed by atoms with E-state index in [-0.39, 0.29) is 17.8 Å². The molecule has 2 heterocycles. The molecule has 2 aromatic rings. The summed E-state index contributed by atoms with van der Waals surface area (Å²) in [4.78, 5) is 7.93. The van der Waals surface area contributed by atoms with Gasteiger partial charge in [0.25, 0.3) is 0 Å². The van der Waals surface area contributed by atoms with Crippen LogP contribution in [0.5, 0.6) is 5.75 Å². The van der Waals surface area contributed by atoms with E-state index in [1.54, 1.807) is 0 Å². The molecule has 1 aliphatic rings. The van der Waals surface area contributed by atoms with Gasteiger partial charge in [-0.2, -0.15) is 0 Å². The van der Waals surface area contributed by atoms with Crippen molar-refractivity contribution in [2.75, 3.05) is 19.6 Å². The zero-order valence-corrected chi connectivity index (χ0v) is 18.4. The van der Waals surface area contributed by atoms with Crippen LogP contribution in [0.15, 0.2) is 18.2 Å². The van der Waals surface area contributed by atoms with Gasteiger partial charge in [0.2, 0.25) is 0 Å². The average molecular weight is 425 g/mol. The monoisotopic (exact) mass is 424 g/mol. The number of hydrogen-bond donors (Lipinski definition) is 1. The lowest BCUT2D eigenvalue weighted by atomic mass is 9.95. The number of hydrogen-bond acceptors (Lipinski definition) is 5. The molecule has 7 heteroatoms. The highest BCUT2D eigenvalue weighted by Crippen LogP contribution is 2.37. The van der Waals surface area contributed by atoms with E-state index in [1.165, 1.54) is 17.4 Å². The summed E-state index contributed by atoms with van der Waals surface area (Å²) >= 11 is 1.44. The van der Waals surface area contributed by atoms with Crippen LogP contribution in [0.4, 0.5) is 8.78 Å². The Hall–Kier alpha value is -1.57. The van der Waals surface area contributed by atoms with Gasteiger partial charge in [-0.05, 0) is 50.3 Å². The Morgan fingerprint density at radius 3 is 2.66 bits per heavy atom. The van der Waals surface area contributed by atoms with E-state index in [1.807, 2.05) is 6.92 Å². The van der Waals surface area contributed by atoms with Gasteiger partial charge in [-0.1, -0.05) is 20.8 Å². The predicted molar refractivity (Wildman–Crippen MR) is 111 cm³/mol.